The quantitative estimate of drug-likeness (QED) is 0.668. The summed E-state index contributed by atoms with van der Waals surface area (Å²) in [7, 11) is 0. The summed E-state index contributed by atoms with van der Waals surface area (Å²) >= 11 is 0. The van der Waals surface area contributed by atoms with Gasteiger partial charge in [0.05, 0.1) is 6.04 Å². The molecule has 0 saturated carbocycles. The first-order chi connectivity index (χ1) is 14.2. The average Bonchev–Trinajstić information content (AvgIpc) is 3.25. The molecule has 2 aliphatic heterocycles. The van der Waals surface area contributed by atoms with Crippen molar-refractivity contribution in [1.29, 1.82) is 0 Å². The van der Waals surface area contributed by atoms with Gasteiger partial charge in [0.1, 0.15) is 19.0 Å². The van der Waals surface area contributed by atoms with Gasteiger partial charge < -0.3 is 14.4 Å². The molecule has 0 bridgehead atoms. The van der Waals surface area contributed by atoms with Crippen molar-refractivity contribution in [2.24, 2.45) is 0 Å². The summed E-state index contributed by atoms with van der Waals surface area (Å²) in [5.41, 5.74) is 4.31. The SMILES string of the molecule is Cc1nc(-c2cccnc2)nc(N2CCCC2c2ccc3c(c2)OCCO3)c1C. The van der Waals surface area contributed by atoms with Gasteiger partial charge in [0.15, 0.2) is 17.3 Å². The fourth-order valence-corrected chi connectivity index (χ4v) is 4.15. The van der Waals surface area contributed by atoms with Crippen LogP contribution in [-0.2, 0) is 0 Å². The molecule has 1 saturated heterocycles. The number of ether oxygens (including phenoxy) is 2. The van der Waals surface area contributed by atoms with Crippen LogP contribution in [0.2, 0.25) is 0 Å². The third-order valence-electron chi connectivity index (χ3n) is 5.76. The second kappa shape index (κ2) is 7.35. The summed E-state index contributed by atoms with van der Waals surface area (Å²) in [5.74, 6) is 3.41. The van der Waals surface area contributed by atoms with Gasteiger partial charge in [-0.1, -0.05) is 6.07 Å². The monoisotopic (exact) mass is 388 g/mol. The molecule has 0 aliphatic carbocycles. The van der Waals surface area contributed by atoms with Crippen LogP contribution in [-0.4, -0.2) is 34.7 Å². The summed E-state index contributed by atoms with van der Waals surface area (Å²) in [6, 6.07) is 10.5. The van der Waals surface area contributed by atoms with Gasteiger partial charge in [-0.05, 0) is 56.5 Å². The number of hydrogen-bond donors (Lipinski definition) is 0. The third kappa shape index (κ3) is 3.28. The first-order valence-electron chi connectivity index (χ1n) is 10.1. The van der Waals surface area contributed by atoms with Crippen LogP contribution in [0, 0.1) is 13.8 Å². The van der Waals surface area contributed by atoms with Gasteiger partial charge in [-0.15, -0.1) is 0 Å². The van der Waals surface area contributed by atoms with Crippen molar-refractivity contribution >= 4 is 5.82 Å². The van der Waals surface area contributed by atoms with Crippen LogP contribution in [0.1, 0.15) is 35.7 Å². The normalized spacial score (nSPS) is 18.1. The van der Waals surface area contributed by atoms with Crippen LogP contribution in [0.3, 0.4) is 0 Å². The highest BCUT2D eigenvalue weighted by atomic mass is 16.6. The number of fused-ring (bicyclic) bond motifs is 1. The highest BCUT2D eigenvalue weighted by Gasteiger charge is 2.30. The summed E-state index contributed by atoms with van der Waals surface area (Å²) in [4.78, 5) is 16.3. The van der Waals surface area contributed by atoms with Gasteiger partial charge in [0, 0.05) is 35.8 Å². The van der Waals surface area contributed by atoms with Crippen molar-refractivity contribution in [3.8, 4) is 22.9 Å². The van der Waals surface area contributed by atoms with Crippen LogP contribution in [0.4, 0.5) is 5.82 Å². The molecule has 1 fully saturated rings. The van der Waals surface area contributed by atoms with Crippen LogP contribution >= 0.6 is 0 Å². The maximum atomic E-state index is 5.81. The summed E-state index contributed by atoms with van der Waals surface area (Å²) in [5, 5.41) is 0. The molecule has 3 aromatic rings. The van der Waals surface area contributed by atoms with E-state index in [2.05, 4.69) is 35.9 Å². The van der Waals surface area contributed by atoms with Gasteiger partial charge in [0.2, 0.25) is 0 Å². The molecule has 2 aliphatic rings. The second-order valence-corrected chi connectivity index (χ2v) is 7.58. The zero-order chi connectivity index (χ0) is 19.8. The van der Waals surface area contributed by atoms with Gasteiger partial charge in [-0.3, -0.25) is 4.98 Å². The highest BCUT2D eigenvalue weighted by Crippen LogP contribution is 2.41. The Morgan fingerprint density at radius 2 is 1.90 bits per heavy atom. The van der Waals surface area contributed by atoms with E-state index in [4.69, 9.17) is 19.4 Å². The summed E-state index contributed by atoms with van der Waals surface area (Å²) in [6.45, 7) is 6.34. The molecule has 1 unspecified atom stereocenters. The number of rotatable bonds is 3. The van der Waals surface area contributed by atoms with Crippen molar-refractivity contribution in [3.05, 3.63) is 59.5 Å². The maximum absolute atomic E-state index is 5.81. The fourth-order valence-electron chi connectivity index (χ4n) is 4.15. The number of benzene rings is 1. The van der Waals surface area contributed by atoms with E-state index in [1.54, 1.807) is 6.20 Å². The minimum Gasteiger partial charge on any atom is -0.486 e. The predicted molar refractivity (Wildman–Crippen MR) is 111 cm³/mol. The summed E-state index contributed by atoms with van der Waals surface area (Å²) in [6.07, 6.45) is 5.80. The van der Waals surface area contributed by atoms with Crippen molar-refractivity contribution < 1.29 is 9.47 Å². The Kier molecular flexibility index (Phi) is 4.54. The van der Waals surface area contributed by atoms with Crippen molar-refractivity contribution in [2.45, 2.75) is 32.7 Å². The molecule has 0 spiro atoms. The van der Waals surface area contributed by atoms with E-state index in [0.29, 0.717) is 13.2 Å². The lowest BCUT2D eigenvalue weighted by atomic mass is 10.0. The standard InChI is InChI=1S/C23H24N4O2/c1-15-16(2)25-22(18-5-3-9-24-14-18)26-23(15)27-10-4-6-19(27)17-7-8-20-21(13-17)29-12-11-28-20/h3,5,7-9,13-14,19H,4,6,10-12H2,1-2H3. The lowest BCUT2D eigenvalue weighted by Gasteiger charge is -2.29. The minimum atomic E-state index is 0.264. The van der Waals surface area contributed by atoms with Crippen LogP contribution in [0.5, 0.6) is 11.5 Å². The Hall–Kier alpha value is -3.15. The predicted octanol–water partition coefficient (Wildman–Crippen LogP) is 4.27. The van der Waals surface area contributed by atoms with Gasteiger partial charge in [0.25, 0.3) is 0 Å². The van der Waals surface area contributed by atoms with E-state index in [0.717, 1.165) is 59.3 Å². The molecule has 0 radical (unpaired) electrons. The molecule has 0 amide bonds. The van der Waals surface area contributed by atoms with Gasteiger partial charge in [-0.2, -0.15) is 0 Å². The Balaban J connectivity index is 1.54. The summed E-state index contributed by atoms with van der Waals surface area (Å²) < 4.78 is 11.5. The number of aryl methyl sites for hydroxylation is 1. The molecular formula is C23H24N4O2. The molecule has 4 heterocycles. The lowest BCUT2D eigenvalue weighted by molar-refractivity contribution is 0.171. The molecule has 1 atom stereocenters. The minimum absolute atomic E-state index is 0.264. The van der Waals surface area contributed by atoms with E-state index < -0.39 is 0 Å². The maximum Gasteiger partial charge on any atom is 0.163 e. The smallest absolute Gasteiger partial charge is 0.163 e. The molecule has 6 nitrogen and oxygen atoms in total. The zero-order valence-corrected chi connectivity index (χ0v) is 16.8. The van der Waals surface area contributed by atoms with E-state index in [1.165, 1.54) is 5.56 Å². The van der Waals surface area contributed by atoms with Crippen molar-refractivity contribution in [1.82, 2.24) is 15.0 Å². The van der Waals surface area contributed by atoms with Crippen LogP contribution in [0.25, 0.3) is 11.4 Å². The van der Waals surface area contributed by atoms with Crippen LogP contribution in [0.15, 0.2) is 42.7 Å². The fraction of sp³-hybridized carbons (Fsp3) is 0.348. The molecule has 6 heteroatoms. The molecule has 0 N–H and O–H groups in total. The van der Waals surface area contributed by atoms with E-state index >= 15 is 0 Å². The number of nitrogens with zero attached hydrogens (tertiary/aromatic N) is 4. The van der Waals surface area contributed by atoms with E-state index in [-0.39, 0.29) is 6.04 Å². The largest absolute Gasteiger partial charge is 0.486 e. The zero-order valence-electron chi connectivity index (χ0n) is 16.8. The Morgan fingerprint density at radius 3 is 2.72 bits per heavy atom. The molecular weight excluding hydrogens is 364 g/mol. The number of pyridine rings is 1. The van der Waals surface area contributed by atoms with Crippen LogP contribution < -0.4 is 14.4 Å². The third-order valence-corrected chi connectivity index (χ3v) is 5.76. The van der Waals surface area contributed by atoms with E-state index in [1.807, 2.05) is 24.4 Å². The Bertz CT molecular complexity index is 1040. The van der Waals surface area contributed by atoms with Crippen molar-refractivity contribution in [2.75, 3.05) is 24.7 Å². The number of hydrogen-bond acceptors (Lipinski definition) is 6. The second-order valence-electron chi connectivity index (χ2n) is 7.58. The molecule has 1 aromatic carbocycles. The Labute approximate surface area is 170 Å². The van der Waals surface area contributed by atoms with Gasteiger partial charge in [-0.25, -0.2) is 9.97 Å². The van der Waals surface area contributed by atoms with E-state index in [9.17, 15) is 0 Å². The molecule has 29 heavy (non-hydrogen) atoms. The molecule has 2 aromatic heterocycles. The topological polar surface area (TPSA) is 60.4 Å². The number of anilines is 1. The Morgan fingerprint density at radius 1 is 1.03 bits per heavy atom. The van der Waals surface area contributed by atoms with Crippen molar-refractivity contribution in [3.63, 3.8) is 0 Å². The van der Waals surface area contributed by atoms with Gasteiger partial charge >= 0.3 is 0 Å². The molecule has 148 valence electrons. The molecule has 5 rings (SSSR count). The average molecular weight is 388 g/mol. The lowest BCUT2D eigenvalue weighted by Crippen LogP contribution is -2.25. The number of aromatic nitrogens is 3. The first kappa shape index (κ1) is 17.9. The highest BCUT2D eigenvalue weighted by molar-refractivity contribution is 5.61. The first-order valence-corrected chi connectivity index (χ1v) is 10.1.